The van der Waals surface area contributed by atoms with Crippen molar-refractivity contribution in [2.45, 2.75) is 70.7 Å². The van der Waals surface area contributed by atoms with Gasteiger partial charge in [0.05, 0.1) is 13.5 Å². The van der Waals surface area contributed by atoms with Crippen LogP contribution in [0.15, 0.2) is 18.2 Å². The lowest BCUT2D eigenvalue weighted by Crippen LogP contribution is -2.55. The molecule has 1 aliphatic carbocycles. The third-order valence-corrected chi connectivity index (χ3v) is 5.29. The van der Waals surface area contributed by atoms with Crippen LogP contribution in [-0.2, 0) is 28.7 Å². The van der Waals surface area contributed by atoms with Crippen molar-refractivity contribution in [3.63, 3.8) is 0 Å². The van der Waals surface area contributed by atoms with Gasteiger partial charge in [-0.3, -0.25) is 19.2 Å². The molecular formula is C24H34N4O8. The van der Waals surface area contributed by atoms with Crippen LogP contribution in [0.4, 0.5) is 4.79 Å². The van der Waals surface area contributed by atoms with E-state index in [0.29, 0.717) is 24.0 Å². The molecule has 12 heteroatoms. The van der Waals surface area contributed by atoms with Crippen molar-refractivity contribution in [3.05, 3.63) is 29.3 Å². The van der Waals surface area contributed by atoms with Crippen LogP contribution in [0.2, 0.25) is 0 Å². The zero-order valence-corrected chi connectivity index (χ0v) is 21.1. The summed E-state index contributed by atoms with van der Waals surface area (Å²) in [6, 6.07) is 1.43. The highest BCUT2D eigenvalue weighted by molar-refractivity contribution is 5.95. The number of ether oxygens (including phenoxy) is 2. The van der Waals surface area contributed by atoms with Crippen LogP contribution in [0.1, 0.15) is 57.2 Å². The third-order valence-electron chi connectivity index (χ3n) is 5.29. The van der Waals surface area contributed by atoms with Gasteiger partial charge in [-0.2, -0.15) is 0 Å². The number of nitrogens with one attached hydrogen (secondary N) is 2. The molecule has 1 aromatic rings. The van der Waals surface area contributed by atoms with Gasteiger partial charge in [0.25, 0.3) is 0 Å². The fourth-order valence-corrected chi connectivity index (χ4v) is 3.52. The van der Waals surface area contributed by atoms with Gasteiger partial charge in [0.1, 0.15) is 30.0 Å². The van der Waals surface area contributed by atoms with Gasteiger partial charge in [-0.1, -0.05) is 6.07 Å². The van der Waals surface area contributed by atoms with E-state index in [4.69, 9.17) is 10.5 Å². The number of amides is 4. The lowest BCUT2D eigenvalue weighted by molar-refractivity contribution is -0.145. The van der Waals surface area contributed by atoms with Crippen LogP contribution in [0, 0.1) is 6.92 Å². The summed E-state index contributed by atoms with van der Waals surface area (Å²) >= 11 is 0. The second-order valence-corrected chi connectivity index (χ2v) is 9.59. The van der Waals surface area contributed by atoms with E-state index in [1.54, 1.807) is 33.8 Å². The zero-order valence-electron chi connectivity index (χ0n) is 21.1. The Balaban J connectivity index is 2.47. The Bertz CT molecular complexity index is 1020. The van der Waals surface area contributed by atoms with Gasteiger partial charge in [0, 0.05) is 6.04 Å². The fourth-order valence-electron chi connectivity index (χ4n) is 3.52. The van der Waals surface area contributed by atoms with Crippen LogP contribution in [-0.4, -0.2) is 71.1 Å². The van der Waals surface area contributed by atoms with Gasteiger partial charge in [-0.05, 0) is 63.8 Å². The molecule has 5 N–H and O–H groups in total. The fraction of sp³-hybridized carbons (Fsp3) is 0.542. The van der Waals surface area contributed by atoms with Gasteiger partial charge < -0.3 is 35.8 Å². The molecular weight excluding hydrogens is 472 g/mol. The van der Waals surface area contributed by atoms with Crippen molar-refractivity contribution in [2.75, 3.05) is 13.7 Å². The van der Waals surface area contributed by atoms with Crippen LogP contribution in [0.25, 0.3) is 0 Å². The first-order valence-electron chi connectivity index (χ1n) is 11.5. The van der Waals surface area contributed by atoms with E-state index >= 15 is 0 Å². The molecule has 1 saturated carbocycles. The molecule has 0 radical (unpaired) electrons. The Morgan fingerprint density at radius 1 is 1.19 bits per heavy atom. The maximum Gasteiger partial charge on any atom is 0.408 e. The van der Waals surface area contributed by atoms with Gasteiger partial charge in [-0.25, -0.2) is 4.79 Å². The van der Waals surface area contributed by atoms with Gasteiger partial charge in [0.15, 0.2) is 0 Å². The van der Waals surface area contributed by atoms with Crippen molar-refractivity contribution >= 4 is 29.8 Å². The number of hydrogen-bond donors (Lipinski definition) is 4. The summed E-state index contributed by atoms with van der Waals surface area (Å²) in [5.74, 6) is -2.93. The molecule has 1 aliphatic rings. The molecule has 0 aliphatic heterocycles. The van der Waals surface area contributed by atoms with E-state index in [2.05, 4.69) is 15.4 Å². The molecule has 1 fully saturated rings. The largest absolute Gasteiger partial charge is 0.508 e. The summed E-state index contributed by atoms with van der Waals surface area (Å²) in [7, 11) is 1.17. The van der Waals surface area contributed by atoms with Crippen LogP contribution >= 0.6 is 0 Å². The van der Waals surface area contributed by atoms with Crippen molar-refractivity contribution in [1.29, 1.82) is 0 Å². The SMILES string of the molecule is COC(=O)CNC(=O)C(c1ccc(O)c(C)c1)N(C(=O)C(CC(N)=O)NC(=O)OC(C)(C)C)C1CC1. The molecule has 4 amide bonds. The van der Waals surface area contributed by atoms with Gasteiger partial charge in [0.2, 0.25) is 17.7 Å². The Labute approximate surface area is 209 Å². The third kappa shape index (κ3) is 8.14. The summed E-state index contributed by atoms with van der Waals surface area (Å²) in [5, 5.41) is 14.8. The lowest BCUT2D eigenvalue weighted by atomic mass is 9.99. The predicted molar refractivity (Wildman–Crippen MR) is 127 cm³/mol. The van der Waals surface area contributed by atoms with Crippen LogP contribution < -0.4 is 16.4 Å². The number of benzene rings is 1. The molecule has 2 rings (SSSR count). The first-order valence-corrected chi connectivity index (χ1v) is 11.5. The van der Waals surface area contributed by atoms with Crippen molar-refractivity contribution in [1.82, 2.24) is 15.5 Å². The van der Waals surface area contributed by atoms with Gasteiger partial charge >= 0.3 is 12.1 Å². The smallest absolute Gasteiger partial charge is 0.408 e. The second-order valence-electron chi connectivity index (χ2n) is 9.59. The Hall–Kier alpha value is -3.83. The van der Waals surface area contributed by atoms with E-state index in [9.17, 15) is 29.1 Å². The number of alkyl carbamates (subject to hydrolysis) is 1. The number of carbonyl (C=O) groups excluding carboxylic acids is 5. The number of phenolic OH excluding ortho intramolecular Hbond substituents is 1. The van der Waals surface area contributed by atoms with Gasteiger partial charge in [-0.15, -0.1) is 0 Å². The number of hydrogen-bond acceptors (Lipinski definition) is 8. The molecule has 0 bridgehead atoms. The number of carbonyl (C=O) groups is 5. The molecule has 0 saturated heterocycles. The maximum absolute atomic E-state index is 13.8. The van der Waals surface area contributed by atoms with Crippen LogP contribution in [0.5, 0.6) is 5.75 Å². The van der Waals surface area contributed by atoms with E-state index in [-0.39, 0.29) is 11.8 Å². The lowest BCUT2D eigenvalue weighted by Gasteiger charge is -2.34. The predicted octanol–water partition coefficient (Wildman–Crippen LogP) is 0.791. The van der Waals surface area contributed by atoms with E-state index < -0.39 is 60.4 Å². The summed E-state index contributed by atoms with van der Waals surface area (Å²) in [4.78, 5) is 64.1. The van der Waals surface area contributed by atoms with E-state index in [0.717, 1.165) is 0 Å². The topological polar surface area (TPSA) is 177 Å². The van der Waals surface area contributed by atoms with E-state index in [1.165, 1.54) is 24.1 Å². The number of phenols is 1. The van der Waals surface area contributed by atoms with Crippen LogP contribution in [0.3, 0.4) is 0 Å². The van der Waals surface area contributed by atoms with Crippen molar-refractivity contribution in [3.8, 4) is 5.75 Å². The number of aromatic hydroxyl groups is 1. The first kappa shape index (κ1) is 28.4. The zero-order chi connectivity index (χ0) is 27.2. The molecule has 198 valence electrons. The summed E-state index contributed by atoms with van der Waals surface area (Å²) in [6.45, 7) is 6.12. The molecule has 2 atom stereocenters. The molecule has 0 aromatic heterocycles. The summed E-state index contributed by atoms with van der Waals surface area (Å²) < 4.78 is 9.80. The minimum atomic E-state index is -1.40. The number of nitrogens with zero attached hydrogens (tertiary/aromatic N) is 1. The number of methoxy groups -OCH3 is 1. The standard InChI is InChI=1S/C24H34N4O8/c1-13-10-14(6-9-17(13)29)20(21(32)26-12-19(31)35-5)28(15-7-8-15)22(33)16(11-18(25)30)27-23(34)36-24(2,3)4/h6,9-10,15-16,20,29H,7-8,11-12H2,1-5H3,(H2,25,30)(H,26,32)(H,27,34). The summed E-state index contributed by atoms with van der Waals surface area (Å²) in [6.07, 6.45) is -0.282. The Kier molecular flexibility index (Phi) is 9.26. The normalized spacial score (nSPS) is 14.7. The molecule has 36 heavy (non-hydrogen) atoms. The van der Waals surface area contributed by atoms with Crippen molar-refractivity contribution < 1.29 is 38.6 Å². The Morgan fingerprint density at radius 3 is 2.33 bits per heavy atom. The second kappa shape index (κ2) is 11.7. The highest BCUT2D eigenvalue weighted by Crippen LogP contribution is 2.36. The van der Waals surface area contributed by atoms with E-state index in [1.807, 2.05) is 0 Å². The summed E-state index contributed by atoms with van der Waals surface area (Å²) in [5.41, 5.74) is 5.31. The minimum Gasteiger partial charge on any atom is -0.508 e. The highest BCUT2D eigenvalue weighted by atomic mass is 16.6. The number of primary amides is 1. The molecule has 12 nitrogen and oxygen atoms in total. The number of rotatable bonds is 10. The number of aryl methyl sites for hydroxylation is 1. The highest BCUT2D eigenvalue weighted by Gasteiger charge is 2.44. The first-order chi connectivity index (χ1) is 16.7. The maximum atomic E-state index is 13.8. The quantitative estimate of drug-likeness (QED) is 0.337. The number of nitrogens with two attached hydrogens (primary N) is 1. The number of esters is 1. The average Bonchev–Trinajstić information content (AvgIpc) is 3.60. The average molecular weight is 507 g/mol. The minimum absolute atomic E-state index is 0.00466. The molecule has 0 spiro atoms. The molecule has 2 unspecified atom stereocenters. The van der Waals surface area contributed by atoms with Crippen molar-refractivity contribution in [2.24, 2.45) is 5.73 Å². The Morgan fingerprint density at radius 2 is 1.83 bits per heavy atom. The molecule has 0 heterocycles. The molecule has 1 aromatic carbocycles. The monoisotopic (exact) mass is 506 g/mol.